The number of hydrogen-bond acceptors (Lipinski definition) is 3. The van der Waals surface area contributed by atoms with E-state index in [0.29, 0.717) is 6.04 Å². The average molecular weight is 400 g/mol. The molecule has 1 N–H and O–H groups in total. The van der Waals surface area contributed by atoms with Gasteiger partial charge in [0.05, 0.1) is 5.60 Å². The van der Waals surface area contributed by atoms with Crippen LogP contribution >= 0.6 is 24.8 Å². The number of likely N-dealkylation sites (N-methyl/N-ethyl adjacent to an activating group) is 1. The number of nitrogens with one attached hydrogen (secondary N) is 1. The van der Waals surface area contributed by atoms with Crippen molar-refractivity contribution in [1.29, 1.82) is 0 Å². The van der Waals surface area contributed by atoms with Crippen LogP contribution in [0.5, 0.6) is 0 Å². The summed E-state index contributed by atoms with van der Waals surface area (Å²) in [7, 11) is 2.29. The summed E-state index contributed by atoms with van der Waals surface area (Å²) in [5.41, 5.74) is 1.48. The van der Waals surface area contributed by atoms with Crippen molar-refractivity contribution in [3.05, 3.63) is 36.5 Å². The van der Waals surface area contributed by atoms with Crippen LogP contribution < -0.4 is 5.32 Å². The summed E-state index contributed by atoms with van der Waals surface area (Å²) in [6.07, 6.45) is 6.91. The van der Waals surface area contributed by atoms with E-state index in [1.807, 2.05) is 0 Å². The predicted molar refractivity (Wildman–Crippen MR) is 113 cm³/mol. The van der Waals surface area contributed by atoms with Crippen molar-refractivity contribution in [3.8, 4) is 0 Å². The number of nitrogens with zero attached hydrogens (tertiary/aromatic N) is 2. The highest BCUT2D eigenvalue weighted by Gasteiger charge is 2.39. The minimum absolute atomic E-state index is 0. The Bertz CT molecular complexity index is 679. The smallest absolute Gasteiger partial charge is 0.0721 e. The average Bonchev–Trinajstić information content (AvgIpc) is 3.03. The number of rotatable bonds is 4. The lowest BCUT2D eigenvalue weighted by Gasteiger charge is -2.46. The molecule has 1 atom stereocenters. The summed E-state index contributed by atoms with van der Waals surface area (Å²) in [6, 6.07) is 11.5. The fraction of sp³-hybridized carbons (Fsp3) is 0.600. The third kappa shape index (κ3) is 4.55. The molecule has 6 heteroatoms. The third-order valence-electron chi connectivity index (χ3n) is 5.98. The van der Waals surface area contributed by atoms with Gasteiger partial charge in [-0.15, -0.1) is 24.8 Å². The molecule has 3 heterocycles. The van der Waals surface area contributed by atoms with Gasteiger partial charge in [0, 0.05) is 37.5 Å². The Morgan fingerprint density at radius 1 is 1.19 bits per heavy atom. The Hall–Kier alpha value is -0.780. The highest BCUT2D eigenvalue weighted by atomic mass is 35.5. The largest absolute Gasteiger partial charge is 0.375 e. The van der Waals surface area contributed by atoms with Crippen LogP contribution in [-0.2, 0) is 11.3 Å². The molecule has 2 fully saturated rings. The molecular formula is C20H31Cl2N3O. The quantitative estimate of drug-likeness (QED) is 0.849. The second-order valence-electron chi connectivity index (χ2n) is 7.48. The first-order valence-corrected chi connectivity index (χ1v) is 9.35. The molecule has 26 heavy (non-hydrogen) atoms. The van der Waals surface area contributed by atoms with Crippen LogP contribution in [0.15, 0.2) is 36.5 Å². The van der Waals surface area contributed by atoms with Gasteiger partial charge in [-0.2, -0.15) is 0 Å². The number of hydrogen-bond donors (Lipinski definition) is 1. The van der Waals surface area contributed by atoms with Crippen molar-refractivity contribution in [2.75, 3.05) is 33.3 Å². The summed E-state index contributed by atoms with van der Waals surface area (Å²) in [6.45, 7) is 5.27. The van der Waals surface area contributed by atoms with E-state index >= 15 is 0 Å². The summed E-state index contributed by atoms with van der Waals surface area (Å²) in [5.74, 6) is 0. The van der Waals surface area contributed by atoms with Crippen LogP contribution in [0.1, 0.15) is 25.7 Å². The number of piperidine rings is 1. The molecule has 1 unspecified atom stereocenters. The lowest BCUT2D eigenvalue weighted by molar-refractivity contribution is -0.118. The van der Waals surface area contributed by atoms with E-state index in [4.69, 9.17) is 4.74 Å². The van der Waals surface area contributed by atoms with Crippen molar-refractivity contribution in [1.82, 2.24) is 14.8 Å². The van der Waals surface area contributed by atoms with Gasteiger partial charge >= 0.3 is 0 Å². The number of aromatic nitrogens is 1. The standard InChI is InChI=1S/C20H29N3O.2ClH/c1-22(13-14-23-12-6-17-4-2-3-5-19(17)23)18-7-15-24-20(16-18)8-10-21-11-9-20;;/h2-6,12,18,21H,7-11,13-16H2,1H3;2*1H. The van der Waals surface area contributed by atoms with Crippen LogP contribution in [0.3, 0.4) is 0 Å². The van der Waals surface area contributed by atoms with E-state index in [1.165, 1.54) is 30.2 Å². The zero-order valence-electron chi connectivity index (χ0n) is 15.5. The van der Waals surface area contributed by atoms with E-state index in [-0.39, 0.29) is 30.4 Å². The monoisotopic (exact) mass is 399 g/mol. The van der Waals surface area contributed by atoms with Gasteiger partial charge in [0.1, 0.15) is 0 Å². The van der Waals surface area contributed by atoms with E-state index in [2.05, 4.69) is 58.4 Å². The number of para-hydroxylation sites is 1. The molecule has 0 radical (unpaired) electrons. The summed E-state index contributed by atoms with van der Waals surface area (Å²) in [5, 5.41) is 4.80. The molecule has 2 aliphatic rings. The Morgan fingerprint density at radius 2 is 1.96 bits per heavy atom. The fourth-order valence-electron chi connectivity index (χ4n) is 4.39. The van der Waals surface area contributed by atoms with Crippen LogP contribution in [0, 0.1) is 0 Å². The molecule has 0 aliphatic carbocycles. The van der Waals surface area contributed by atoms with Gasteiger partial charge in [0.15, 0.2) is 0 Å². The molecule has 0 saturated carbocycles. The number of halogens is 2. The molecular weight excluding hydrogens is 369 g/mol. The van der Waals surface area contributed by atoms with E-state index in [9.17, 15) is 0 Å². The Morgan fingerprint density at radius 3 is 2.77 bits per heavy atom. The van der Waals surface area contributed by atoms with E-state index < -0.39 is 0 Å². The molecule has 1 aromatic carbocycles. The lowest BCUT2D eigenvalue weighted by atomic mass is 9.82. The lowest BCUT2D eigenvalue weighted by Crippen LogP contribution is -2.52. The Balaban J connectivity index is 0.00000121. The van der Waals surface area contributed by atoms with Crippen LogP contribution in [-0.4, -0.2) is 54.4 Å². The van der Waals surface area contributed by atoms with E-state index in [0.717, 1.165) is 39.2 Å². The zero-order valence-corrected chi connectivity index (χ0v) is 17.2. The molecule has 0 bridgehead atoms. The van der Waals surface area contributed by atoms with Gasteiger partial charge in [-0.3, -0.25) is 0 Å². The summed E-state index contributed by atoms with van der Waals surface area (Å²) >= 11 is 0. The van der Waals surface area contributed by atoms with Crippen molar-refractivity contribution < 1.29 is 4.74 Å². The third-order valence-corrected chi connectivity index (χ3v) is 5.98. The topological polar surface area (TPSA) is 29.4 Å². The maximum Gasteiger partial charge on any atom is 0.0721 e. The second-order valence-corrected chi connectivity index (χ2v) is 7.48. The SMILES string of the molecule is CN(CCn1ccc2ccccc21)C1CCOC2(CCNCC2)C1.Cl.Cl. The summed E-state index contributed by atoms with van der Waals surface area (Å²) in [4.78, 5) is 2.56. The number of fused-ring (bicyclic) bond motifs is 1. The van der Waals surface area contributed by atoms with Crippen LogP contribution in [0.2, 0.25) is 0 Å². The van der Waals surface area contributed by atoms with Crippen molar-refractivity contribution >= 4 is 35.7 Å². The van der Waals surface area contributed by atoms with Gasteiger partial charge in [0.25, 0.3) is 0 Å². The normalized spacial score (nSPS) is 22.2. The first-order chi connectivity index (χ1) is 11.8. The molecule has 1 aromatic heterocycles. The zero-order chi connectivity index (χ0) is 16.4. The fourth-order valence-corrected chi connectivity index (χ4v) is 4.39. The van der Waals surface area contributed by atoms with Gasteiger partial charge < -0.3 is 19.5 Å². The molecule has 1 spiro atoms. The Labute approximate surface area is 169 Å². The van der Waals surface area contributed by atoms with Gasteiger partial charge in [-0.25, -0.2) is 0 Å². The first kappa shape index (κ1) is 21.5. The summed E-state index contributed by atoms with van der Waals surface area (Å²) < 4.78 is 8.60. The van der Waals surface area contributed by atoms with Gasteiger partial charge in [-0.1, -0.05) is 18.2 Å². The molecule has 0 amide bonds. The molecule has 146 valence electrons. The number of benzene rings is 1. The van der Waals surface area contributed by atoms with Gasteiger partial charge in [-0.05, 0) is 63.3 Å². The minimum atomic E-state index is 0. The number of ether oxygens (including phenoxy) is 1. The van der Waals surface area contributed by atoms with Crippen LogP contribution in [0.4, 0.5) is 0 Å². The predicted octanol–water partition coefficient (Wildman–Crippen LogP) is 3.72. The maximum absolute atomic E-state index is 6.22. The molecule has 2 saturated heterocycles. The molecule has 2 aromatic rings. The highest BCUT2D eigenvalue weighted by molar-refractivity contribution is 5.85. The molecule has 2 aliphatic heterocycles. The highest BCUT2D eigenvalue weighted by Crippen LogP contribution is 2.34. The Kier molecular flexibility index (Phi) is 7.80. The van der Waals surface area contributed by atoms with E-state index in [1.54, 1.807) is 0 Å². The second kappa shape index (κ2) is 9.43. The molecule has 4 rings (SSSR count). The maximum atomic E-state index is 6.22. The molecule has 4 nitrogen and oxygen atoms in total. The van der Waals surface area contributed by atoms with Gasteiger partial charge in [0.2, 0.25) is 0 Å². The van der Waals surface area contributed by atoms with Crippen LogP contribution in [0.25, 0.3) is 10.9 Å². The minimum Gasteiger partial charge on any atom is -0.375 e. The van der Waals surface area contributed by atoms with Crippen molar-refractivity contribution in [2.24, 2.45) is 0 Å². The first-order valence-electron chi connectivity index (χ1n) is 9.35. The van der Waals surface area contributed by atoms with Crippen molar-refractivity contribution in [3.63, 3.8) is 0 Å². The van der Waals surface area contributed by atoms with Crippen molar-refractivity contribution in [2.45, 2.75) is 43.9 Å².